The Balaban J connectivity index is 1.76. The lowest BCUT2D eigenvalue weighted by Crippen LogP contribution is -2.58. The van der Waals surface area contributed by atoms with E-state index in [0.717, 1.165) is 50.3 Å². The van der Waals surface area contributed by atoms with Crippen LogP contribution in [0.5, 0.6) is 0 Å². The number of anilines is 1. The number of likely N-dealkylation sites (tertiary alicyclic amines) is 1. The molecule has 0 spiro atoms. The van der Waals surface area contributed by atoms with E-state index in [2.05, 4.69) is 4.98 Å². The molecule has 0 radical (unpaired) electrons. The minimum Gasteiger partial charge on any atom is -0.378 e. The van der Waals surface area contributed by atoms with Gasteiger partial charge in [-0.2, -0.15) is 0 Å². The minimum absolute atomic E-state index is 0.0997. The van der Waals surface area contributed by atoms with E-state index in [1.54, 1.807) is 6.20 Å². The molecule has 2 aliphatic heterocycles. The first-order valence-corrected chi connectivity index (χ1v) is 7.78. The molecule has 1 aromatic rings. The van der Waals surface area contributed by atoms with Gasteiger partial charge in [0.25, 0.3) is 5.91 Å². The molecule has 5 heteroatoms. The van der Waals surface area contributed by atoms with E-state index in [0.29, 0.717) is 13.0 Å². The van der Waals surface area contributed by atoms with Crippen LogP contribution in [0.15, 0.2) is 18.3 Å². The summed E-state index contributed by atoms with van der Waals surface area (Å²) in [6, 6.07) is 3.96. The third-order valence-electron chi connectivity index (χ3n) is 4.49. The molecule has 2 aliphatic rings. The Morgan fingerprint density at radius 2 is 2.05 bits per heavy atom. The van der Waals surface area contributed by atoms with E-state index in [4.69, 9.17) is 0 Å². The van der Waals surface area contributed by atoms with Crippen molar-refractivity contribution < 1.29 is 9.90 Å². The molecule has 1 N–H and O–H groups in total. The van der Waals surface area contributed by atoms with Crippen LogP contribution in [0.25, 0.3) is 0 Å². The summed E-state index contributed by atoms with van der Waals surface area (Å²) in [7, 11) is 0. The van der Waals surface area contributed by atoms with Crippen molar-refractivity contribution in [2.45, 2.75) is 38.2 Å². The van der Waals surface area contributed by atoms with Gasteiger partial charge in [0, 0.05) is 25.8 Å². The van der Waals surface area contributed by atoms with Crippen LogP contribution in [0.3, 0.4) is 0 Å². The molecule has 0 aromatic carbocycles. The van der Waals surface area contributed by atoms with Crippen molar-refractivity contribution in [3.8, 4) is 0 Å². The van der Waals surface area contributed by atoms with Gasteiger partial charge in [-0.05, 0) is 50.3 Å². The first-order valence-electron chi connectivity index (χ1n) is 7.78. The lowest BCUT2D eigenvalue weighted by atomic mass is 9.91. The number of pyridine rings is 1. The van der Waals surface area contributed by atoms with Crippen molar-refractivity contribution in [3.63, 3.8) is 0 Å². The normalized spacial score (nSPS) is 26.2. The Bertz CT molecular complexity index is 528. The molecule has 0 bridgehead atoms. The fourth-order valence-electron chi connectivity index (χ4n) is 3.31. The summed E-state index contributed by atoms with van der Waals surface area (Å²) in [5.74, 6) is 0.750. The van der Waals surface area contributed by atoms with Gasteiger partial charge in [0.2, 0.25) is 0 Å². The summed E-state index contributed by atoms with van der Waals surface area (Å²) < 4.78 is 0. The number of hydrogen-bond donors (Lipinski definition) is 1. The average molecular weight is 289 g/mol. The number of carbonyl (C=O) groups is 1. The molecule has 0 saturated carbocycles. The lowest BCUT2D eigenvalue weighted by Gasteiger charge is -2.40. The van der Waals surface area contributed by atoms with Crippen LogP contribution in [-0.4, -0.2) is 52.7 Å². The SMILES string of the molecule is Cc1ccnc(N2CCCC(O)(C(=O)N3CCCC3)C2)c1. The highest BCUT2D eigenvalue weighted by Gasteiger charge is 2.43. The Morgan fingerprint density at radius 3 is 2.76 bits per heavy atom. The van der Waals surface area contributed by atoms with Crippen LogP contribution >= 0.6 is 0 Å². The van der Waals surface area contributed by atoms with Crippen molar-refractivity contribution in [1.29, 1.82) is 0 Å². The fourth-order valence-corrected chi connectivity index (χ4v) is 3.31. The predicted molar refractivity (Wildman–Crippen MR) is 81.2 cm³/mol. The number of hydrogen-bond acceptors (Lipinski definition) is 4. The average Bonchev–Trinajstić information content (AvgIpc) is 3.00. The highest BCUT2D eigenvalue weighted by atomic mass is 16.3. The quantitative estimate of drug-likeness (QED) is 0.893. The predicted octanol–water partition coefficient (Wildman–Crippen LogP) is 1.34. The van der Waals surface area contributed by atoms with Gasteiger partial charge in [-0.3, -0.25) is 4.79 Å². The van der Waals surface area contributed by atoms with Gasteiger partial charge in [0.1, 0.15) is 5.82 Å². The topological polar surface area (TPSA) is 56.7 Å². The molecule has 114 valence electrons. The van der Waals surface area contributed by atoms with E-state index < -0.39 is 5.60 Å². The molecule has 1 aromatic heterocycles. The van der Waals surface area contributed by atoms with E-state index in [-0.39, 0.29) is 5.91 Å². The molecule has 2 fully saturated rings. The molecule has 1 unspecified atom stereocenters. The van der Waals surface area contributed by atoms with Gasteiger partial charge in [-0.15, -0.1) is 0 Å². The number of aryl methyl sites for hydroxylation is 1. The first kappa shape index (κ1) is 14.3. The van der Waals surface area contributed by atoms with Gasteiger partial charge in [0.05, 0.1) is 6.54 Å². The van der Waals surface area contributed by atoms with Crippen molar-refractivity contribution in [1.82, 2.24) is 9.88 Å². The monoisotopic (exact) mass is 289 g/mol. The summed E-state index contributed by atoms with van der Waals surface area (Å²) in [4.78, 5) is 20.8. The Labute approximate surface area is 125 Å². The zero-order valence-corrected chi connectivity index (χ0v) is 12.6. The smallest absolute Gasteiger partial charge is 0.256 e. The third-order valence-corrected chi connectivity index (χ3v) is 4.49. The first-order chi connectivity index (χ1) is 10.1. The van der Waals surface area contributed by atoms with Gasteiger partial charge in [0.15, 0.2) is 5.60 Å². The maximum absolute atomic E-state index is 12.6. The van der Waals surface area contributed by atoms with Crippen molar-refractivity contribution in [3.05, 3.63) is 23.9 Å². The summed E-state index contributed by atoms with van der Waals surface area (Å²) in [5, 5.41) is 10.8. The van der Waals surface area contributed by atoms with Crippen LogP contribution in [-0.2, 0) is 4.79 Å². The number of aromatic nitrogens is 1. The fraction of sp³-hybridized carbons (Fsp3) is 0.625. The maximum Gasteiger partial charge on any atom is 0.256 e. The molecule has 3 rings (SSSR count). The zero-order valence-electron chi connectivity index (χ0n) is 12.6. The molecule has 2 saturated heterocycles. The number of aliphatic hydroxyl groups is 1. The second-order valence-corrected chi connectivity index (χ2v) is 6.25. The summed E-state index contributed by atoms with van der Waals surface area (Å²) >= 11 is 0. The zero-order chi connectivity index (χ0) is 14.9. The highest BCUT2D eigenvalue weighted by Crippen LogP contribution is 2.28. The van der Waals surface area contributed by atoms with Gasteiger partial charge >= 0.3 is 0 Å². The third kappa shape index (κ3) is 2.88. The second kappa shape index (κ2) is 5.64. The lowest BCUT2D eigenvalue weighted by molar-refractivity contribution is -0.151. The van der Waals surface area contributed by atoms with Gasteiger partial charge in [-0.25, -0.2) is 4.98 Å². The number of piperidine rings is 1. The molecule has 1 amide bonds. The highest BCUT2D eigenvalue weighted by molar-refractivity contribution is 5.86. The Morgan fingerprint density at radius 1 is 1.29 bits per heavy atom. The standard InChI is InChI=1S/C16H23N3O2/c1-13-5-7-17-14(11-13)19-10-4-6-16(21,12-19)15(20)18-8-2-3-9-18/h5,7,11,21H,2-4,6,8-10,12H2,1H3. The summed E-state index contributed by atoms with van der Waals surface area (Å²) in [6.45, 7) is 4.77. The molecule has 21 heavy (non-hydrogen) atoms. The molecule has 1 atom stereocenters. The molecule has 0 aliphatic carbocycles. The number of carbonyl (C=O) groups excluding carboxylic acids is 1. The van der Waals surface area contributed by atoms with E-state index >= 15 is 0 Å². The molecule has 3 heterocycles. The molecular weight excluding hydrogens is 266 g/mol. The summed E-state index contributed by atoms with van der Waals surface area (Å²) in [5.41, 5.74) is -0.117. The van der Waals surface area contributed by atoms with Crippen LogP contribution < -0.4 is 4.90 Å². The Hall–Kier alpha value is -1.62. The molecular formula is C16H23N3O2. The van der Waals surface area contributed by atoms with Gasteiger partial charge in [-0.1, -0.05) is 0 Å². The number of rotatable bonds is 2. The maximum atomic E-state index is 12.6. The van der Waals surface area contributed by atoms with Crippen molar-refractivity contribution in [2.24, 2.45) is 0 Å². The van der Waals surface area contributed by atoms with Crippen molar-refractivity contribution >= 4 is 11.7 Å². The Kier molecular flexibility index (Phi) is 3.85. The summed E-state index contributed by atoms with van der Waals surface area (Å²) in [6.07, 6.45) is 5.23. The van der Waals surface area contributed by atoms with E-state index in [9.17, 15) is 9.90 Å². The van der Waals surface area contributed by atoms with Gasteiger partial charge < -0.3 is 14.9 Å². The van der Waals surface area contributed by atoms with Crippen LogP contribution in [0.2, 0.25) is 0 Å². The number of nitrogens with zero attached hydrogens (tertiary/aromatic N) is 3. The number of β-amino-alcohol motifs (C(OH)–C–C–N with tert-alkyl or cyclic N) is 1. The van der Waals surface area contributed by atoms with Crippen LogP contribution in [0, 0.1) is 6.92 Å². The van der Waals surface area contributed by atoms with E-state index in [1.165, 1.54) is 0 Å². The van der Waals surface area contributed by atoms with Crippen LogP contribution in [0.1, 0.15) is 31.2 Å². The molecule has 5 nitrogen and oxygen atoms in total. The minimum atomic E-state index is -1.26. The van der Waals surface area contributed by atoms with Crippen molar-refractivity contribution in [2.75, 3.05) is 31.1 Å². The largest absolute Gasteiger partial charge is 0.378 e. The van der Waals surface area contributed by atoms with Crippen LogP contribution in [0.4, 0.5) is 5.82 Å². The second-order valence-electron chi connectivity index (χ2n) is 6.25. The van der Waals surface area contributed by atoms with E-state index in [1.807, 2.05) is 28.9 Å². The number of amides is 1.